The largest absolute Gasteiger partial charge is 0.497 e. The number of carbonyl (C=O) groups is 1. The van der Waals surface area contributed by atoms with Crippen LogP contribution in [0.25, 0.3) is 0 Å². The van der Waals surface area contributed by atoms with Gasteiger partial charge in [-0.25, -0.2) is 0 Å². The van der Waals surface area contributed by atoms with Crippen LogP contribution in [-0.4, -0.2) is 53.2 Å². The fourth-order valence-corrected chi connectivity index (χ4v) is 9.63. The number of thioether (sulfide) groups is 4. The summed E-state index contributed by atoms with van der Waals surface area (Å²) in [4.78, 5) is 12.7. The number of hydrogen-bond donors (Lipinski definition) is 0. The Kier molecular flexibility index (Phi) is 11.5. The molecule has 0 bridgehead atoms. The number of esters is 1. The van der Waals surface area contributed by atoms with Crippen LogP contribution in [0.4, 0.5) is 0 Å². The number of ether oxygens (including phenoxy) is 2. The van der Waals surface area contributed by atoms with Crippen molar-refractivity contribution in [3.05, 3.63) is 42.0 Å². The maximum Gasteiger partial charge on any atom is 0.311 e. The zero-order valence-electron chi connectivity index (χ0n) is 21.0. The summed E-state index contributed by atoms with van der Waals surface area (Å²) in [5.41, 5.74) is 0.813. The molecule has 2 aliphatic heterocycles. The van der Waals surface area contributed by atoms with Crippen LogP contribution in [0.15, 0.2) is 36.4 Å². The molecule has 3 nitrogen and oxygen atoms in total. The summed E-state index contributed by atoms with van der Waals surface area (Å²) in [7, 11) is 1.72. The van der Waals surface area contributed by atoms with Gasteiger partial charge in [-0.05, 0) is 82.4 Å². The van der Waals surface area contributed by atoms with E-state index < -0.39 is 5.41 Å². The fraction of sp³-hybridized carbons (Fsp3) is 0.667. The van der Waals surface area contributed by atoms with E-state index in [0.717, 1.165) is 36.5 Å². The van der Waals surface area contributed by atoms with Gasteiger partial charge in [0, 0.05) is 28.3 Å². The smallest absolute Gasteiger partial charge is 0.311 e. The Morgan fingerprint density at radius 2 is 1.97 bits per heavy atom. The van der Waals surface area contributed by atoms with E-state index in [1.165, 1.54) is 35.7 Å². The van der Waals surface area contributed by atoms with Crippen molar-refractivity contribution in [3.63, 3.8) is 0 Å². The highest BCUT2D eigenvalue weighted by Crippen LogP contribution is 2.55. The van der Waals surface area contributed by atoms with Crippen molar-refractivity contribution in [2.24, 2.45) is 5.41 Å². The molecule has 34 heavy (non-hydrogen) atoms. The van der Waals surface area contributed by atoms with Gasteiger partial charge in [-0.15, -0.1) is 23.5 Å². The van der Waals surface area contributed by atoms with Crippen LogP contribution in [0.1, 0.15) is 58.4 Å². The molecule has 1 aromatic carbocycles. The van der Waals surface area contributed by atoms with E-state index >= 15 is 0 Å². The van der Waals surface area contributed by atoms with E-state index in [4.69, 9.17) is 9.47 Å². The second kappa shape index (κ2) is 13.8. The molecule has 2 saturated heterocycles. The number of benzene rings is 1. The predicted molar refractivity (Wildman–Crippen MR) is 155 cm³/mol. The average Bonchev–Trinajstić information content (AvgIpc) is 3.27. The molecule has 2 unspecified atom stereocenters. The molecule has 0 aliphatic carbocycles. The van der Waals surface area contributed by atoms with E-state index in [2.05, 4.69) is 53.9 Å². The van der Waals surface area contributed by atoms with Crippen molar-refractivity contribution in [3.8, 4) is 5.75 Å². The molecule has 0 radical (unpaired) electrons. The average molecular weight is 541 g/mol. The third-order valence-electron chi connectivity index (χ3n) is 6.04. The highest BCUT2D eigenvalue weighted by atomic mass is 32.2. The molecule has 2 fully saturated rings. The van der Waals surface area contributed by atoms with Crippen molar-refractivity contribution in [1.29, 1.82) is 0 Å². The number of allylic oxidation sites excluding steroid dienone is 1. The second-order valence-corrected chi connectivity index (χ2v) is 15.5. The lowest BCUT2D eigenvalue weighted by molar-refractivity contribution is -0.156. The summed E-state index contributed by atoms with van der Waals surface area (Å²) >= 11 is 8.21. The Labute approximate surface area is 223 Å². The summed E-state index contributed by atoms with van der Waals surface area (Å²) in [6, 6.07) is 8.47. The van der Waals surface area contributed by atoms with Gasteiger partial charge in [0.2, 0.25) is 0 Å². The molecule has 7 heteroatoms. The molecule has 2 aliphatic rings. The van der Waals surface area contributed by atoms with Gasteiger partial charge in [0.25, 0.3) is 0 Å². The highest BCUT2D eigenvalue weighted by molar-refractivity contribution is 8.20. The SMILES string of the molecule is COc1cccc(C2(C/C=C/C(CCC3CCCSCCS3)OC(=O)C(C)(C)C)SCCS2)c1. The van der Waals surface area contributed by atoms with E-state index in [0.29, 0.717) is 5.25 Å². The third kappa shape index (κ3) is 8.63. The fourth-order valence-electron chi connectivity index (χ4n) is 4.05. The molecule has 0 aromatic heterocycles. The molecular formula is C27H40O3S4. The number of carbonyl (C=O) groups excluding carboxylic acids is 1. The van der Waals surface area contributed by atoms with Gasteiger partial charge in [0.1, 0.15) is 11.9 Å². The van der Waals surface area contributed by atoms with Crippen LogP contribution in [-0.2, 0) is 13.6 Å². The minimum Gasteiger partial charge on any atom is -0.497 e. The molecule has 3 rings (SSSR count). The molecule has 0 amide bonds. The van der Waals surface area contributed by atoms with Crippen molar-refractivity contribution in [2.45, 2.75) is 68.3 Å². The monoisotopic (exact) mass is 540 g/mol. The minimum absolute atomic E-state index is 0.00329. The first kappa shape index (κ1) is 28.2. The van der Waals surface area contributed by atoms with Crippen LogP contribution < -0.4 is 4.74 Å². The van der Waals surface area contributed by atoms with Crippen LogP contribution in [0, 0.1) is 5.41 Å². The van der Waals surface area contributed by atoms with Crippen molar-refractivity contribution < 1.29 is 14.3 Å². The predicted octanol–water partition coefficient (Wildman–Crippen LogP) is 7.64. The molecular weight excluding hydrogens is 501 g/mol. The minimum atomic E-state index is -0.489. The Bertz CT molecular complexity index is 791. The number of rotatable bonds is 9. The highest BCUT2D eigenvalue weighted by Gasteiger charge is 2.37. The lowest BCUT2D eigenvalue weighted by Gasteiger charge is -2.27. The zero-order chi connectivity index (χ0) is 24.4. The summed E-state index contributed by atoms with van der Waals surface area (Å²) < 4.78 is 11.5. The van der Waals surface area contributed by atoms with Gasteiger partial charge >= 0.3 is 5.97 Å². The van der Waals surface area contributed by atoms with Crippen molar-refractivity contribution >= 4 is 53.0 Å². The van der Waals surface area contributed by atoms with Crippen molar-refractivity contribution in [1.82, 2.24) is 0 Å². The summed E-state index contributed by atoms with van der Waals surface area (Å²) in [5.74, 6) is 6.85. The van der Waals surface area contributed by atoms with Gasteiger partial charge in [-0.1, -0.05) is 18.2 Å². The molecule has 0 saturated carbocycles. The van der Waals surface area contributed by atoms with Gasteiger partial charge < -0.3 is 9.47 Å². The van der Waals surface area contributed by atoms with Crippen LogP contribution in [0.3, 0.4) is 0 Å². The Hall–Kier alpha value is -0.370. The van der Waals surface area contributed by atoms with Crippen LogP contribution in [0.5, 0.6) is 5.75 Å². The lowest BCUT2D eigenvalue weighted by atomic mass is 9.97. The first-order valence-electron chi connectivity index (χ1n) is 12.3. The Morgan fingerprint density at radius 3 is 2.71 bits per heavy atom. The maximum atomic E-state index is 12.7. The molecule has 0 N–H and O–H groups in total. The number of hydrogen-bond acceptors (Lipinski definition) is 7. The summed E-state index contributed by atoms with van der Waals surface area (Å²) in [6.45, 7) is 5.80. The summed E-state index contributed by atoms with van der Waals surface area (Å²) in [5, 5.41) is 0.675. The maximum absolute atomic E-state index is 12.7. The summed E-state index contributed by atoms with van der Waals surface area (Å²) in [6.07, 6.45) is 9.74. The van der Waals surface area contributed by atoms with Gasteiger partial charge in [-0.2, -0.15) is 23.5 Å². The Balaban J connectivity index is 1.68. The van der Waals surface area contributed by atoms with Gasteiger partial charge in [0.15, 0.2) is 0 Å². The molecule has 1 aromatic rings. The topological polar surface area (TPSA) is 35.5 Å². The van der Waals surface area contributed by atoms with Gasteiger partial charge in [0.05, 0.1) is 16.6 Å². The quantitative estimate of drug-likeness (QED) is 0.235. The normalized spacial score (nSPS) is 22.2. The van der Waals surface area contributed by atoms with E-state index in [1.54, 1.807) is 7.11 Å². The lowest BCUT2D eigenvalue weighted by Crippen LogP contribution is -2.28. The molecule has 2 heterocycles. The third-order valence-corrected chi connectivity index (χ3v) is 12.3. The zero-order valence-corrected chi connectivity index (χ0v) is 24.3. The first-order valence-corrected chi connectivity index (χ1v) is 16.5. The van der Waals surface area contributed by atoms with E-state index in [9.17, 15) is 4.79 Å². The number of methoxy groups -OCH3 is 1. The molecule has 2 atom stereocenters. The van der Waals surface area contributed by atoms with Gasteiger partial charge in [-0.3, -0.25) is 4.79 Å². The van der Waals surface area contributed by atoms with Crippen LogP contribution >= 0.6 is 47.0 Å². The Morgan fingerprint density at radius 1 is 1.18 bits per heavy atom. The standard InChI is InChI=1S/C27H40O3S4/c1-26(2,3)25(28)30-22(12-13-24-11-7-15-31-16-17-32-24)10-6-14-27(33-18-19-34-27)21-8-5-9-23(20-21)29-4/h5-6,8-10,20,22,24H,7,11-19H2,1-4H3/b10-6+. The van der Waals surface area contributed by atoms with E-state index in [-0.39, 0.29) is 16.2 Å². The van der Waals surface area contributed by atoms with Crippen molar-refractivity contribution in [2.75, 3.05) is 35.9 Å². The van der Waals surface area contributed by atoms with Crippen LogP contribution in [0.2, 0.25) is 0 Å². The van der Waals surface area contributed by atoms with E-state index in [1.807, 2.05) is 50.4 Å². The molecule has 190 valence electrons. The first-order chi connectivity index (χ1) is 16.3. The molecule has 0 spiro atoms. The second-order valence-electron chi connectivity index (χ2n) is 9.83.